The largest absolute Gasteiger partial charge is 0.367 e. The molecule has 4 nitrogen and oxygen atoms in total. The molecule has 1 aromatic heterocycles. The first-order valence-electron chi connectivity index (χ1n) is 8.02. The number of anilines is 3. The Morgan fingerprint density at radius 3 is 2.52 bits per heavy atom. The van der Waals surface area contributed by atoms with Crippen molar-refractivity contribution in [3.8, 4) is 0 Å². The molecule has 0 saturated heterocycles. The van der Waals surface area contributed by atoms with Crippen LogP contribution in [0.4, 0.5) is 26.2 Å². The van der Waals surface area contributed by atoms with Gasteiger partial charge in [-0.1, -0.05) is 25.7 Å². The van der Waals surface area contributed by atoms with E-state index in [1.165, 1.54) is 37.8 Å². The SMILES string of the molecule is Fc1ccc(Nc2nccc(NC3CCCCCC3)n2)c(F)c1. The first kappa shape index (κ1) is 15.6. The van der Waals surface area contributed by atoms with E-state index in [1.54, 1.807) is 12.3 Å². The van der Waals surface area contributed by atoms with Crippen LogP contribution in [-0.2, 0) is 0 Å². The second kappa shape index (κ2) is 7.35. The third-order valence-electron chi connectivity index (χ3n) is 4.04. The van der Waals surface area contributed by atoms with Crippen molar-refractivity contribution in [2.24, 2.45) is 0 Å². The predicted molar refractivity (Wildman–Crippen MR) is 86.8 cm³/mol. The topological polar surface area (TPSA) is 49.8 Å². The van der Waals surface area contributed by atoms with Gasteiger partial charge >= 0.3 is 0 Å². The van der Waals surface area contributed by atoms with Gasteiger partial charge in [-0.2, -0.15) is 4.98 Å². The molecular formula is C17H20F2N4. The van der Waals surface area contributed by atoms with Crippen molar-refractivity contribution in [1.82, 2.24) is 9.97 Å². The molecule has 0 unspecified atom stereocenters. The van der Waals surface area contributed by atoms with Gasteiger partial charge in [0.15, 0.2) is 0 Å². The minimum atomic E-state index is -0.671. The van der Waals surface area contributed by atoms with Gasteiger partial charge in [0, 0.05) is 18.3 Å². The van der Waals surface area contributed by atoms with Gasteiger partial charge in [-0.15, -0.1) is 0 Å². The van der Waals surface area contributed by atoms with Gasteiger partial charge in [-0.25, -0.2) is 13.8 Å². The third kappa shape index (κ3) is 4.37. The van der Waals surface area contributed by atoms with E-state index in [1.807, 2.05) is 0 Å². The fourth-order valence-electron chi connectivity index (χ4n) is 2.84. The number of benzene rings is 1. The number of hydrogen-bond donors (Lipinski definition) is 2. The van der Waals surface area contributed by atoms with Crippen LogP contribution in [0, 0.1) is 11.6 Å². The maximum atomic E-state index is 13.7. The van der Waals surface area contributed by atoms with Gasteiger partial charge in [-0.05, 0) is 31.0 Å². The molecule has 1 fully saturated rings. The van der Waals surface area contributed by atoms with Crippen molar-refractivity contribution in [3.63, 3.8) is 0 Å². The monoisotopic (exact) mass is 318 g/mol. The molecule has 2 N–H and O–H groups in total. The lowest BCUT2D eigenvalue weighted by Gasteiger charge is -2.17. The second-order valence-electron chi connectivity index (χ2n) is 5.85. The summed E-state index contributed by atoms with van der Waals surface area (Å²) >= 11 is 0. The van der Waals surface area contributed by atoms with E-state index in [4.69, 9.17) is 0 Å². The van der Waals surface area contributed by atoms with Gasteiger partial charge in [0.05, 0.1) is 5.69 Å². The predicted octanol–water partition coefficient (Wildman–Crippen LogP) is 4.63. The molecule has 0 radical (unpaired) electrons. The zero-order valence-corrected chi connectivity index (χ0v) is 12.9. The highest BCUT2D eigenvalue weighted by Gasteiger charge is 2.13. The minimum absolute atomic E-state index is 0.151. The maximum Gasteiger partial charge on any atom is 0.229 e. The highest BCUT2D eigenvalue weighted by Crippen LogP contribution is 2.22. The van der Waals surface area contributed by atoms with Crippen LogP contribution in [-0.4, -0.2) is 16.0 Å². The molecule has 3 rings (SSSR count). The Hall–Kier alpha value is -2.24. The maximum absolute atomic E-state index is 13.7. The molecule has 0 atom stereocenters. The summed E-state index contributed by atoms with van der Waals surface area (Å²) in [6, 6.07) is 5.58. The van der Waals surface area contributed by atoms with Crippen LogP contribution < -0.4 is 10.6 Å². The van der Waals surface area contributed by atoms with Gasteiger partial charge in [-0.3, -0.25) is 0 Å². The first-order chi connectivity index (χ1) is 11.2. The van der Waals surface area contributed by atoms with Crippen LogP contribution in [0.5, 0.6) is 0 Å². The quantitative estimate of drug-likeness (QED) is 0.807. The number of aromatic nitrogens is 2. The highest BCUT2D eigenvalue weighted by molar-refractivity contribution is 5.55. The molecule has 0 aliphatic heterocycles. The molecule has 23 heavy (non-hydrogen) atoms. The molecular weight excluding hydrogens is 298 g/mol. The summed E-state index contributed by atoms with van der Waals surface area (Å²) < 4.78 is 26.6. The van der Waals surface area contributed by atoms with Gasteiger partial charge in [0.2, 0.25) is 5.95 Å². The minimum Gasteiger partial charge on any atom is -0.367 e. The molecule has 1 heterocycles. The number of rotatable bonds is 4. The van der Waals surface area contributed by atoms with Crippen LogP contribution in [0.25, 0.3) is 0 Å². The Morgan fingerprint density at radius 2 is 1.78 bits per heavy atom. The smallest absolute Gasteiger partial charge is 0.229 e. The van der Waals surface area contributed by atoms with Crippen LogP contribution >= 0.6 is 0 Å². The summed E-state index contributed by atoms with van der Waals surface area (Å²) in [5.74, 6) is -0.278. The first-order valence-corrected chi connectivity index (χ1v) is 8.02. The van der Waals surface area contributed by atoms with Crippen molar-refractivity contribution >= 4 is 17.5 Å². The van der Waals surface area contributed by atoms with Crippen LogP contribution in [0.1, 0.15) is 38.5 Å². The lowest BCUT2D eigenvalue weighted by atomic mass is 10.1. The normalized spacial score (nSPS) is 15.9. The molecule has 1 aromatic carbocycles. The lowest BCUT2D eigenvalue weighted by Crippen LogP contribution is -2.19. The molecule has 1 saturated carbocycles. The van der Waals surface area contributed by atoms with Gasteiger partial charge in [0.25, 0.3) is 0 Å². The summed E-state index contributed by atoms with van der Waals surface area (Å²) in [4.78, 5) is 8.45. The molecule has 0 spiro atoms. The Labute approximate surface area is 134 Å². The molecule has 0 bridgehead atoms. The van der Waals surface area contributed by atoms with Gasteiger partial charge < -0.3 is 10.6 Å². The summed E-state index contributed by atoms with van der Waals surface area (Å²) in [6.07, 6.45) is 8.94. The number of halogens is 2. The number of nitrogens with zero attached hydrogens (tertiary/aromatic N) is 2. The molecule has 6 heteroatoms. The van der Waals surface area contributed by atoms with Crippen molar-refractivity contribution < 1.29 is 8.78 Å². The van der Waals surface area contributed by atoms with Crippen molar-refractivity contribution in [2.45, 2.75) is 44.6 Å². The Kier molecular flexibility index (Phi) is 5.00. The van der Waals surface area contributed by atoms with Crippen molar-refractivity contribution in [1.29, 1.82) is 0 Å². The molecule has 1 aliphatic rings. The average Bonchev–Trinajstić information content (AvgIpc) is 2.79. The van der Waals surface area contributed by atoms with Crippen LogP contribution in [0.15, 0.2) is 30.5 Å². The summed E-state index contributed by atoms with van der Waals surface area (Å²) in [5.41, 5.74) is 0.151. The van der Waals surface area contributed by atoms with E-state index in [2.05, 4.69) is 20.6 Å². The van der Waals surface area contributed by atoms with E-state index in [0.29, 0.717) is 6.04 Å². The van der Waals surface area contributed by atoms with Crippen molar-refractivity contribution in [3.05, 3.63) is 42.1 Å². The number of nitrogens with one attached hydrogen (secondary N) is 2. The Bertz CT molecular complexity index is 655. The van der Waals surface area contributed by atoms with E-state index in [9.17, 15) is 8.78 Å². The van der Waals surface area contributed by atoms with Gasteiger partial charge in [0.1, 0.15) is 17.5 Å². The third-order valence-corrected chi connectivity index (χ3v) is 4.04. The number of hydrogen-bond acceptors (Lipinski definition) is 4. The summed E-state index contributed by atoms with van der Waals surface area (Å²) in [7, 11) is 0. The van der Waals surface area contributed by atoms with Crippen LogP contribution in [0.3, 0.4) is 0 Å². The Balaban J connectivity index is 1.69. The fourth-order valence-corrected chi connectivity index (χ4v) is 2.84. The fraction of sp³-hybridized carbons (Fsp3) is 0.412. The summed E-state index contributed by atoms with van der Waals surface area (Å²) in [5, 5.41) is 6.21. The van der Waals surface area contributed by atoms with E-state index < -0.39 is 11.6 Å². The van der Waals surface area contributed by atoms with Crippen LogP contribution in [0.2, 0.25) is 0 Å². The molecule has 0 amide bonds. The van der Waals surface area contributed by atoms with E-state index >= 15 is 0 Å². The van der Waals surface area contributed by atoms with E-state index in [-0.39, 0.29) is 11.6 Å². The Morgan fingerprint density at radius 1 is 1.00 bits per heavy atom. The second-order valence-corrected chi connectivity index (χ2v) is 5.85. The zero-order valence-electron chi connectivity index (χ0n) is 12.9. The van der Waals surface area contributed by atoms with Crippen molar-refractivity contribution in [2.75, 3.05) is 10.6 Å². The zero-order chi connectivity index (χ0) is 16.1. The van der Waals surface area contributed by atoms with E-state index in [0.717, 1.165) is 24.7 Å². The average molecular weight is 318 g/mol. The molecule has 2 aromatic rings. The molecule has 1 aliphatic carbocycles. The lowest BCUT2D eigenvalue weighted by molar-refractivity contribution is 0.586. The molecule has 122 valence electrons. The standard InChI is InChI=1S/C17H20F2N4/c18-12-7-8-15(14(19)11-12)22-17-20-10-9-16(23-17)21-13-5-3-1-2-4-6-13/h7-11,13H,1-6H2,(H2,20,21,22,23). The summed E-state index contributed by atoms with van der Waals surface area (Å²) in [6.45, 7) is 0. The highest BCUT2D eigenvalue weighted by atomic mass is 19.1.